The third kappa shape index (κ3) is 3.08. The number of ether oxygens (including phenoxy) is 1. The van der Waals surface area contributed by atoms with Crippen LogP contribution >= 0.6 is 39.7 Å². The van der Waals surface area contributed by atoms with Crippen LogP contribution in [-0.4, -0.2) is 23.0 Å². The van der Waals surface area contributed by atoms with Gasteiger partial charge in [-0.25, -0.2) is 9.78 Å². The molecule has 0 radical (unpaired) electrons. The van der Waals surface area contributed by atoms with Crippen LogP contribution in [0.25, 0.3) is 11.4 Å². The molecule has 1 aromatic heterocycles. The van der Waals surface area contributed by atoms with E-state index in [-0.39, 0.29) is 10.2 Å². The minimum atomic E-state index is -0.505. The molecule has 0 aliphatic heterocycles. The van der Waals surface area contributed by atoms with Crippen molar-refractivity contribution in [2.24, 2.45) is 0 Å². The number of hydrogen-bond donors (Lipinski definition) is 1. The predicted octanol–water partition coefficient (Wildman–Crippen LogP) is 4.32. The summed E-state index contributed by atoms with van der Waals surface area (Å²) in [5.41, 5.74) is 1.64. The molecule has 0 aliphatic carbocycles. The van der Waals surface area contributed by atoms with Gasteiger partial charge in [-0.1, -0.05) is 39.7 Å². The summed E-state index contributed by atoms with van der Waals surface area (Å²) in [7, 11) is 1.30. The average Bonchev–Trinajstić information content (AvgIpc) is 2.36. The Morgan fingerprint density at radius 3 is 2.70 bits per heavy atom. The second-order valence-electron chi connectivity index (χ2n) is 4.04. The number of hydrogen-bond acceptors (Lipinski definition) is 4. The van der Waals surface area contributed by atoms with Crippen LogP contribution in [0, 0.1) is 11.6 Å². The lowest BCUT2D eigenvalue weighted by atomic mass is 10.2. The van der Waals surface area contributed by atoms with Crippen LogP contribution in [-0.2, 0) is 4.74 Å². The first-order chi connectivity index (χ1) is 9.42. The first-order valence-corrected chi connectivity index (χ1v) is 7.16. The molecule has 0 atom stereocenters. The van der Waals surface area contributed by atoms with Crippen molar-refractivity contribution in [1.82, 2.24) is 9.97 Å². The highest BCUT2D eigenvalue weighted by Crippen LogP contribution is 2.26. The maximum absolute atomic E-state index is 11.6. The summed E-state index contributed by atoms with van der Waals surface area (Å²) < 4.78 is 5.71. The normalized spacial score (nSPS) is 10.4. The molecule has 0 unspecified atom stereocenters. The van der Waals surface area contributed by atoms with Gasteiger partial charge < -0.3 is 9.72 Å². The molecule has 1 heterocycles. The van der Waals surface area contributed by atoms with Gasteiger partial charge in [-0.05, 0) is 25.1 Å². The quantitative estimate of drug-likeness (QED) is 0.629. The van der Waals surface area contributed by atoms with E-state index in [0.29, 0.717) is 16.5 Å². The molecule has 2 aromatic rings. The summed E-state index contributed by atoms with van der Waals surface area (Å²) in [4.78, 5) is 18.9. The zero-order valence-electron chi connectivity index (χ0n) is 10.7. The van der Waals surface area contributed by atoms with Gasteiger partial charge in [0, 0.05) is 20.8 Å². The number of aromatic amines is 1. The lowest BCUT2D eigenvalue weighted by Gasteiger charge is -2.08. The van der Waals surface area contributed by atoms with Crippen LogP contribution in [0.5, 0.6) is 0 Å². The molecule has 1 N–H and O–H groups in total. The number of H-pyrrole nitrogens is 1. The van der Waals surface area contributed by atoms with Crippen molar-refractivity contribution in [2.75, 3.05) is 7.11 Å². The smallest absolute Gasteiger partial charge is 0.342 e. The third-order valence-corrected chi connectivity index (χ3v) is 3.61. The van der Waals surface area contributed by atoms with Gasteiger partial charge in [-0.2, -0.15) is 0 Å². The molecule has 20 heavy (non-hydrogen) atoms. The summed E-state index contributed by atoms with van der Waals surface area (Å²) in [5, 5.41) is 0.574. The highest BCUT2D eigenvalue weighted by atomic mass is 79.9. The Morgan fingerprint density at radius 1 is 1.45 bits per heavy atom. The Labute approximate surface area is 134 Å². The summed E-state index contributed by atoms with van der Waals surface area (Å²) in [6.07, 6.45) is 0. The van der Waals surface area contributed by atoms with Gasteiger partial charge in [0.05, 0.1) is 7.11 Å². The fourth-order valence-corrected chi connectivity index (χ4v) is 2.94. The topological polar surface area (TPSA) is 55.0 Å². The number of nitrogens with one attached hydrogen (secondary N) is 1. The van der Waals surface area contributed by atoms with Gasteiger partial charge in [0.2, 0.25) is 0 Å². The van der Waals surface area contributed by atoms with E-state index in [2.05, 4.69) is 30.6 Å². The van der Waals surface area contributed by atoms with E-state index in [0.717, 1.165) is 10.0 Å². The summed E-state index contributed by atoms with van der Waals surface area (Å²) in [5.74, 6) is 0.0402. The van der Waals surface area contributed by atoms with Crippen molar-refractivity contribution in [2.45, 2.75) is 6.92 Å². The van der Waals surface area contributed by atoms with E-state index in [1.54, 1.807) is 19.1 Å². The number of benzene rings is 1. The van der Waals surface area contributed by atoms with Gasteiger partial charge >= 0.3 is 5.97 Å². The van der Waals surface area contributed by atoms with Crippen molar-refractivity contribution >= 4 is 45.7 Å². The first-order valence-electron chi connectivity index (χ1n) is 5.58. The molecular weight excluding hydrogens is 364 g/mol. The molecule has 0 fully saturated rings. The number of carbonyl (C=O) groups is 1. The Morgan fingerprint density at radius 2 is 2.15 bits per heavy atom. The van der Waals surface area contributed by atoms with Crippen LogP contribution in [0.2, 0.25) is 5.02 Å². The van der Waals surface area contributed by atoms with Gasteiger partial charge in [-0.15, -0.1) is 0 Å². The maximum atomic E-state index is 11.6. The molecule has 1 aromatic carbocycles. The molecule has 4 nitrogen and oxygen atoms in total. The van der Waals surface area contributed by atoms with Gasteiger partial charge in [0.25, 0.3) is 0 Å². The van der Waals surface area contributed by atoms with Crippen molar-refractivity contribution in [3.05, 3.63) is 43.6 Å². The summed E-state index contributed by atoms with van der Waals surface area (Å²) in [6.45, 7) is 1.74. The fraction of sp³-hybridized carbons (Fsp3) is 0.154. The lowest BCUT2D eigenvalue weighted by Crippen LogP contribution is -2.08. The largest absolute Gasteiger partial charge is 0.465 e. The molecule has 7 heteroatoms. The van der Waals surface area contributed by atoms with Crippen LogP contribution in [0.1, 0.15) is 16.1 Å². The van der Waals surface area contributed by atoms with Gasteiger partial charge in [-0.3, -0.25) is 0 Å². The third-order valence-electron chi connectivity index (χ3n) is 2.63. The lowest BCUT2D eigenvalue weighted by molar-refractivity contribution is 0.0598. The molecule has 0 aliphatic rings. The van der Waals surface area contributed by atoms with E-state index in [1.807, 2.05) is 6.07 Å². The van der Waals surface area contributed by atoms with E-state index in [9.17, 15) is 4.79 Å². The molecule has 0 saturated heterocycles. The van der Waals surface area contributed by atoms with E-state index in [4.69, 9.17) is 23.8 Å². The number of carbonyl (C=O) groups excluding carboxylic acids is 1. The number of esters is 1. The Hall–Kier alpha value is -1.24. The Bertz CT molecular complexity index is 725. The Kier molecular flexibility index (Phi) is 4.57. The van der Waals surface area contributed by atoms with Crippen LogP contribution in [0.15, 0.2) is 22.7 Å². The maximum Gasteiger partial charge on any atom is 0.342 e. The second kappa shape index (κ2) is 6.03. The second-order valence-corrected chi connectivity index (χ2v) is 5.78. The van der Waals surface area contributed by atoms with E-state index < -0.39 is 5.97 Å². The van der Waals surface area contributed by atoms with Crippen molar-refractivity contribution < 1.29 is 9.53 Å². The van der Waals surface area contributed by atoms with Crippen molar-refractivity contribution in [3.63, 3.8) is 0 Å². The minimum absolute atomic E-state index is 0.194. The molecule has 0 amide bonds. The highest BCUT2D eigenvalue weighted by Gasteiger charge is 2.15. The molecular formula is C13H10BrClN2O2S. The highest BCUT2D eigenvalue weighted by molar-refractivity contribution is 9.10. The monoisotopic (exact) mass is 372 g/mol. The van der Waals surface area contributed by atoms with Crippen LogP contribution < -0.4 is 0 Å². The molecule has 0 saturated carbocycles. The number of methoxy groups -OCH3 is 1. The average molecular weight is 374 g/mol. The summed E-state index contributed by atoms with van der Waals surface area (Å²) in [6, 6.07) is 5.39. The number of aryl methyl sites for hydroxylation is 1. The first kappa shape index (κ1) is 15.2. The fourth-order valence-electron chi connectivity index (χ4n) is 1.76. The van der Waals surface area contributed by atoms with Crippen LogP contribution in [0.3, 0.4) is 0 Å². The van der Waals surface area contributed by atoms with Crippen molar-refractivity contribution in [3.8, 4) is 11.4 Å². The molecule has 0 spiro atoms. The minimum Gasteiger partial charge on any atom is -0.465 e. The number of aromatic nitrogens is 2. The molecule has 0 bridgehead atoms. The zero-order chi connectivity index (χ0) is 14.9. The number of nitrogens with zero attached hydrogens (tertiary/aromatic N) is 1. The zero-order valence-corrected chi connectivity index (χ0v) is 13.8. The van der Waals surface area contributed by atoms with E-state index in [1.165, 1.54) is 7.11 Å². The van der Waals surface area contributed by atoms with Crippen molar-refractivity contribution in [1.29, 1.82) is 0 Å². The van der Waals surface area contributed by atoms with Gasteiger partial charge in [0.1, 0.15) is 16.0 Å². The number of halogens is 2. The summed E-state index contributed by atoms with van der Waals surface area (Å²) >= 11 is 14.5. The Balaban J connectivity index is 2.61. The van der Waals surface area contributed by atoms with Crippen LogP contribution in [0.4, 0.5) is 0 Å². The SMILES string of the molecule is COC(=O)c1c(C)[nH]c(-c2cc(Cl)cc(Br)c2)nc1=S. The predicted molar refractivity (Wildman–Crippen MR) is 83.6 cm³/mol. The number of rotatable bonds is 2. The van der Waals surface area contributed by atoms with E-state index >= 15 is 0 Å². The molecule has 104 valence electrons. The van der Waals surface area contributed by atoms with Gasteiger partial charge in [0.15, 0.2) is 0 Å². The molecule has 2 rings (SSSR count). The standard InChI is InChI=1S/C13H10BrClN2O2S/c1-6-10(13(18)19-2)12(20)17-11(16-6)7-3-8(14)5-9(15)4-7/h3-5H,1-2H3,(H,16,17,20).